The Labute approximate surface area is 341 Å². The Hall–Kier alpha value is -4.37. The summed E-state index contributed by atoms with van der Waals surface area (Å²) in [6.07, 6.45) is 6.99. The van der Waals surface area contributed by atoms with Gasteiger partial charge in [0.2, 0.25) is 11.8 Å². The maximum atomic E-state index is 13.1. The number of carbonyl (C=O) groups is 6. The normalized spacial score (nSPS) is 13.3. The molecule has 0 aliphatic carbocycles. The molecular weight excluding hydrogens is 781 g/mol. The summed E-state index contributed by atoms with van der Waals surface area (Å²) in [5.74, 6) is -1.85. The molecule has 1 aromatic rings. The molecule has 2 N–H and O–H groups in total. The monoisotopic (exact) mass is 843 g/mol. The number of ether oxygens (including phenoxy) is 6. The van der Waals surface area contributed by atoms with E-state index in [4.69, 9.17) is 39.4 Å². The summed E-state index contributed by atoms with van der Waals surface area (Å²) in [6.45, 7) is 8.39. The third-order valence-corrected chi connectivity index (χ3v) is 8.90. The largest absolute Gasteiger partial charge is 0.459 e. The van der Waals surface area contributed by atoms with Gasteiger partial charge in [-0.3, -0.25) is 33.3 Å². The minimum atomic E-state index is -3.01. The van der Waals surface area contributed by atoms with E-state index in [1.54, 1.807) is 6.92 Å². The molecular formula is C38H62N5O14P. The van der Waals surface area contributed by atoms with Crippen LogP contribution in [0.5, 0.6) is 0 Å². The molecule has 0 aliphatic rings. The second-order valence-electron chi connectivity index (χ2n) is 13.7. The van der Waals surface area contributed by atoms with Crippen molar-refractivity contribution in [3.8, 4) is 12.3 Å². The van der Waals surface area contributed by atoms with E-state index in [-0.39, 0.29) is 83.7 Å². The Morgan fingerprint density at radius 2 is 1.50 bits per heavy atom. The fourth-order valence-corrected chi connectivity index (χ4v) is 5.33. The Morgan fingerprint density at radius 3 is 2.12 bits per heavy atom. The van der Waals surface area contributed by atoms with E-state index < -0.39 is 67.2 Å². The number of nitrogens with one attached hydrogen (secondary N) is 2. The van der Waals surface area contributed by atoms with Crippen molar-refractivity contribution < 1.29 is 66.3 Å². The second-order valence-corrected chi connectivity index (χ2v) is 16.5. The molecule has 328 valence electrons. The van der Waals surface area contributed by atoms with E-state index in [0.717, 1.165) is 12.8 Å². The van der Waals surface area contributed by atoms with Crippen LogP contribution in [0.15, 0.2) is 6.20 Å². The molecule has 0 fully saturated rings. The third-order valence-electron chi connectivity index (χ3n) is 8.13. The zero-order chi connectivity index (χ0) is 43.3. The van der Waals surface area contributed by atoms with Crippen molar-refractivity contribution in [2.24, 2.45) is 5.92 Å². The van der Waals surface area contributed by atoms with Gasteiger partial charge in [-0.05, 0) is 25.7 Å². The number of carbonyl (C=O) groups excluding carboxylic acids is 6. The maximum absolute atomic E-state index is 13.1. The van der Waals surface area contributed by atoms with E-state index in [1.165, 1.54) is 31.3 Å². The number of nitrogens with zero attached hydrogens (tertiary/aromatic N) is 3. The molecule has 58 heavy (non-hydrogen) atoms. The van der Waals surface area contributed by atoms with Crippen LogP contribution >= 0.6 is 7.37 Å². The highest BCUT2D eigenvalue weighted by Crippen LogP contribution is 2.37. The number of unbranched alkanes of at least 4 members (excludes halogenated alkanes) is 2. The number of rotatable bonds is 32. The average Bonchev–Trinajstić information content (AvgIpc) is 3.64. The van der Waals surface area contributed by atoms with E-state index >= 15 is 0 Å². The highest BCUT2D eigenvalue weighted by Gasteiger charge is 2.32. The summed E-state index contributed by atoms with van der Waals surface area (Å²) in [6, 6.07) is -1.12. The summed E-state index contributed by atoms with van der Waals surface area (Å²) in [7, 11) is -1.48. The molecule has 4 atom stereocenters. The topological polar surface area (TPSA) is 239 Å². The molecule has 2 amide bonds. The smallest absolute Gasteiger partial charge is 0.306 e. The standard InChI is InChI=1S/C38H62N5O14P/c1-8-11-13-35(46)56-31(32(27-55-58(6,7)50)57-36(47)14-12-9-2)25-43-24-29(41-42-43)26-54-34(45)18-16-30(38(49)39-19-21-52-23-22-51-5)40-37(48)28(4)15-17-33(44)53-20-10-3/h3,24,28,30-32H,8-9,11-23,25-27H2,1-2,4-7H3,(H,39,49)(H,40,48)/t28?,30?,31-,32-/m0/s1. The lowest BCUT2D eigenvalue weighted by Crippen LogP contribution is -2.49. The second kappa shape index (κ2) is 29.8. The zero-order valence-electron chi connectivity index (χ0n) is 34.7. The number of esters is 4. The zero-order valence-corrected chi connectivity index (χ0v) is 35.6. The molecule has 19 nitrogen and oxygen atoms in total. The lowest BCUT2D eigenvalue weighted by atomic mass is 10.0. The van der Waals surface area contributed by atoms with Crippen LogP contribution in [-0.2, 0) is 79.4 Å². The van der Waals surface area contributed by atoms with Crippen LogP contribution in [0.1, 0.15) is 90.7 Å². The molecule has 0 radical (unpaired) electrons. The van der Waals surface area contributed by atoms with Crippen LogP contribution < -0.4 is 10.6 Å². The Morgan fingerprint density at radius 1 is 0.862 bits per heavy atom. The first-order valence-corrected chi connectivity index (χ1v) is 22.0. The van der Waals surface area contributed by atoms with Crippen molar-refractivity contribution in [3.05, 3.63) is 11.9 Å². The molecule has 0 saturated carbocycles. The molecule has 20 heteroatoms. The van der Waals surface area contributed by atoms with Gasteiger partial charge in [0.05, 0.1) is 39.2 Å². The quantitative estimate of drug-likeness (QED) is 0.0349. The molecule has 1 rings (SSSR count). The van der Waals surface area contributed by atoms with Crippen molar-refractivity contribution >= 4 is 43.1 Å². The summed E-state index contributed by atoms with van der Waals surface area (Å²) >= 11 is 0. The van der Waals surface area contributed by atoms with Crippen LogP contribution in [-0.4, -0.2) is 129 Å². The van der Waals surface area contributed by atoms with Crippen molar-refractivity contribution in [2.75, 3.05) is 60.0 Å². The Balaban J connectivity index is 2.99. The average molecular weight is 844 g/mol. The summed E-state index contributed by atoms with van der Waals surface area (Å²) in [5, 5.41) is 13.4. The lowest BCUT2D eigenvalue weighted by molar-refractivity contribution is -0.172. The highest BCUT2D eigenvalue weighted by atomic mass is 31.2. The predicted molar refractivity (Wildman–Crippen MR) is 209 cm³/mol. The number of hydrogen-bond donors (Lipinski definition) is 2. The number of hydrogen-bond acceptors (Lipinski definition) is 16. The number of methoxy groups -OCH3 is 1. The molecule has 0 aromatic carbocycles. The van der Waals surface area contributed by atoms with Gasteiger partial charge in [0.25, 0.3) is 0 Å². The number of aromatic nitrogens is 3. The minimum Gasteiger partial charge on any atom is -0.459 e. The molecule has 1 aromatic heterocycles. The van der Waals surface area contributed by atoms with E-state index in [2.05, 4.69) is 26.9 Å². The minimum absolute atomic E-state index is 0.0595. The molecule has 0 spiro atoms. The van der Waals surface area contributed by atoms with Gasteiger partial charge in [-0.2, -0.15) is 0 Å². The summed E-state index contributed by atoms with van der Waals surface area (Å²) in [4.78, 5) is 76.1. The van der Waals surface area contributed by atoms with Gasteiger partial charge in [-0.25, -0.2) is 4.68 Å². The number of terminal acetylenes is 1. The van der Waals surface area contributed by atoms with Gasteiger partial charge in [-0.1, -0.05) is 44.7 Å². The Bertz CT molecular complexity index is 1510. The van der Waals surface area contributed by atoms with Crippen LogP contribution in [0.3, 0.4) is 0 Å². The van der Waals surface area contributed by atoms with Crippen LogP contribution in [0, 0.1) is 18.3 Å². The van der Waals surface area contributed by atoms with Gasteiger partial charge in [-0.15, -0.1) is 11.5 Å². The van der Waals surface area contributed by atoms with Gasteiger partial charge in [0.15, 0.2) is 26.2 Å². The first-order valence-electron chi connectivity index (χ1n) is 19.5. The SMILES string of the molecule is C#CCOC(=O)CCC(C)C(=O)NC(CCC(=O)OCc1cn(C[C@H](OC(=O)CCCC)[C@H](COP(C)(C)=O)OC(=O)CCCC)nn1)C(=O)NCCOCCOC. The molecule has 0 saturated heterocycles. The third kappa shape index (κ3) is 24.4. The van der Waals surface area contributed by atoms with Crippen molar-refractivity contribution in [1.29, 1.82) is 0 Å². The number of amides is 2. The van der Waals surface area contributed by atoms with Gasteiger partial charge in [0.1, 0.15) is 18.3 Å². The van der Waals surface area contributed by atoms with Crippen molar-refractivity contribution in [3.63, 3.8) is 0 Å². The molecule has 1 heterocycles. The van der Waals surface area contributed by atoms with E-state index in [1.807, 2.05) is 13.8 Å². The van der Waals surface area contributed by atoms with Gasteiger partial charge in [0, 0.05) is 58.6 Å². The summed E-state index contributed by atoms with van der Waals surface area (Å²) < 4.78 is 51.1. The van der Waals surface area contributed by atoms with Crippen LogP contribution in [0.2, 0.25) is 0 Å². The predicted octanol–water partition coefficient (Wildman–Crippen LogP) is 2.72. The fraction of sp³-hybridized carbons (Fsp3) is 0.737. The molecule has 2 unspecified atom stereocenters. The first-order chi connectivity index (χ1) is 27.6. The molecule has 0 bridgehead atoms. The Kier molecular flexibility index (Phi) is 26.5. The summed E-state index contributed by atoms with van der Waals surface area (Å²) in [5.41, 5.74) is 0.231. The van der Waals surface area contributed by atoms with Crippen molar-refractivity contribution in [1.82, 2.24) is 25.6 Å². The lowest BCUT2D eigenvalue weighted by Gasteiger charge is -2.27. The van der Waals surface area contributed by atoms with Crippen LogP contribution in [0.25, 0.3) is 0 Å². The fourth-order valence-electron chi connectivity index (χ4n) is 4.82. The van der Waals surface area contributed by atoms with Gasteiger partial charge >= 0.3 is 23.9 Å². The molecule has 0 aliphatic heterocycles. The van der Waals surface area contributed by atoms with E-state index in [9.17, 15) is 33.3 Å². The van der Waals surface area contributed by atoms with Crippen LogP contribution in [0.4, 0.5) is 0 Å². The van der Waals surface area contributed by atoms with E-state index in [0.29, 0.717) is 26.1 Å². The first kappa shape index (κ1) is 51.6. The van der Waals surface area contributed by atoms with Gasteiger partial charge < -0.3 is 43.6 Å². The van der Waals surface area contributed by atoms with Crippen molar-refractivity contribution in [2.45, 2.75) is 116 Å². The highest BCUT2D eigenvalue weighted by molar-refractivity contribution is 7.57. The maximum Gasteiger partial charge on any atom is 0.306 e.